The van der Waals surface area contributed by atoms with Gasteiger partial charge in [0.2, 0.25) is 5.91 Å². The summed E-state index contributed by atoms with van der Waals surface area (Å²) in [5.41, 5.74) is 5.73. The highest BCUT2D eigenvalue weighted by atomic mass is 16.5. The van der Waals surface area contributed by atoms with Crippen molar-refractivity contribution in [2.45, 2.75) is 46.2 Å². The Morgan fingerprint density at radius 2 is 1.88 bits per heavy atom. The first-order chi connectivity index (χ1) is 7.18. The number of rotatable bonds is 4. The largest absolute Gasteiger partial charge is 0.467 e. The molecule has 94 valence electrons. The van der Waals surface area contributed by atoms with E-state index in [0.29, 0.717) is 0 Å². The highest BCUT2D eigenvalue weighted by Crippen LogP contribution is 2.19. The Morgan fingerprint density at radius 1 is 1.38 bits per heavy atom. The number of hydrogen-bond acceptors (Lipinski definition) is 4. The van der Waals surface area contributed by atoms with Gasteiger partial charge in [0.25, 0.3) is 0 Å². The molecule has 0 aliphatic rings. The van der Waals surface area contributed by atoms with Crippen molar-refractivity contribution in [3.05, 3.63) is 0 Å². The standard InChI is InChI=1S/C11H22N2O3/c1-7(10(15)16-5)13-9(14)6-8(12)11(2,3)4/h7-8H,6,12H2,1-5H3,(H,13,14). The summed E-state index contributed by atoms with van der Waals surface area (Å²) in [7, 11) is 1.28. The predicted octanol–water partition coefficient (Wildman–Crippen LogP) is 0.428. The van der Waals surface area contributed by atoms with Gasteiger partial charge in [-0.15, -0.1) is 0 Å². The van der Waals surface area contributed by atoms with Crippen molar-refractivity contribution in [2.75, 3.05) is 7.11 Å². The lowest BCUT2D eigenvalue weighted by Gasteiger charge is -2.26. The Labute approximate surface area is 96.7 Å². The molecule has 0 fully saturated rings. The molecule has 0 aromatic carbocycles. The fourth-order valence-corrected chi connectivity index (χ4v) is 1.04. The van der Waals surface area contributed by atoms with Gasteiger partial charge < -0.3 is 15.8 Å². The van der Waals surface area contributed by atoms with Crippen LogP contribution < -0.4 is 11.1 Å². The molecule has 0 aromatic rings. The lowest BCUT2D eigenvalue weighted by Crippen LogP contribution is -2.44. The maximum Gasteiger partial charge on any atom is 0.328 e. The average Bonchev–Trinajstić information content (AvgIpc) is 2.14. The summed E-state index contributed by atoms with van der Waals surface area (Å²) in [5.74, 6) is -0.696. The summed E-state index contributed by atoms with van der Waals surface area (Å²) in [4.78, 5) is 22.6. The molecule has 2 unspecified atom stereocenters. The summed E-state index contributed by atoms with van der Waals surface area (Å²) in [6.45, 7) is 7.48. The Bertz CT molecular complexity index is 258. The maximum atomic E-state index is 11.5. The number of hydrogen-bond donors (Lipinski definition) is 2. The molecule has 0 aromatic heterocycles. The van der Waals surface area contributed by atoms with Crippen LogP contribution >= 0.6 is 0 Å². The van der Waals surface area contributed by atoms with E-state index in [1.165, 1.54) is 7.11 Å². The van der Waals surface area contributed by atoms with Crippen LogP contribution in [0.5, 0.6) is 0 Å². The number of nitrogens with one attached hydrogen (secondary N) is 1. The molecule has 0 saturated carbocycles. The van der Waals surface area contributed by atoms with Gasteiger partial charge in [-0.05, 0) is 12.3 Å². The van der Waals surface area contributed by atoms with Crippen molar-refractivity contribution in [2.24, 2.45) is 11.1 Å². The number of esters is 1. The minimum Gasteiger partial charge on any atom is -0.467 e. The molecule has 0 aliphatic carbocycles. The van der Waals surface area contributed by atoms with Crippen molar-refractivity contribution < 1.29 is 14.3 Å². The van der Waals surface area contributed by atoms with Crippen molar-refractivity contribution in [1.29, 1.82) is 0 Å². The summed E-state index contributed by atoms with van der Waals surface area (Å²) in [6, 6.07) is -0.873. The van der Waals surface area contributed by atoms with Crippen LogP contribution in [0.15, 0.2) is 0 Å². The molecular weight excluding hydrogens is 208 g/mol. The molecule has 0 spiro atoms. The molecule has 0 radical (unpaired) electrons. The SMILES string of the molecule is COC(=O)C(C)NC(=O)CC(N)C(C)(C)C. The summed E-state index contributed by atoms with van der Waals surface area (Å²) in [5, 5.41) is 2.54. The molecule has 5 nitrogen and oxygen atoms in total. The second-order valence-electron chi connectivity index (χ2n) is 4.99. The van der Waals surface area contributed by atoms with Crippen LogP contribution in [0, 0.1) is 5.41 Å². The zero-order valence-corrected chi connectivity index (χ0v) is 10.7. The lowest BCUT2D eigenvalue weighted by atomic mass is 9.85. The van der Waals surface area contributed by atoms with Gasteiger partial charge in [0.1, 0.15) is 6.04 Å². The van der Waals surface area contributed by atoms with Crippen LogP contribution in [0.25, 0.3) is 0 Å². The number of ether oxygens (including phenoxy) is 1. The topological polar surface area (TPSA) is 81.4 Å². The van der Waals surface area contributed by atoms with Crippen LogP contribution in [0.1, 0.15) is 34.1 Å². The first-order valence-electron chi connectivity index (χ1n) is 5.31. The molecule has 16 heavy (non-hydrogen) atoms. The molecule has 0 aliphatic heterocycles. The third kappa shape index (κ3) is 5.11. The Hall–Kier alpha value is -1.10. The first kappa shape index (κ1) is 14.9. The molecule has 0 bridgehead atoms. The number of amides is 1. The van der Waals surface area contributed by atoms with Gasteiger partial charge in [-0.25, -0.2) is 4.79 Å². The highest BCUT2D eigenvalue weighted by molar-refractivity contribution is 5.84. The van der Waals surface area contributed by atoms with E-state index >= 15 is 0 Å². The van der Waals surface area contributed by atoms with Gasteiger partial charge in [0, 0.05) is 12.5 Å². The minimum atomic E-state index is -0.635. The summed E-state index contributed by atoms with van der Waals surface area (Å²) >= 11 is 0. The predicted molar refractivity (Wildman–Crippen MR) is 61.7 cm³/mol. The van der Waals surface area contributed by atoms with Gasteiger partial charge in [-0.3, -0.25) is 4.79 Å². The minimum absolute atomic E-state index is 0.133. The van der Waals surface area contributed by atoms with Crippen LogP contribution in [0.2, 0.25) is 0 Å². The van der Waals surface area contributed by atoms with E-state index in [0.717, 1.165) is 0 Å². The summed E-state index contributed by atoms with van der Waals surface area (Å²) in [6.07, 6.45) is 0.199. The third-order valence-corrected chi connectivity index (χ3v) is 2.45. The number of methoxy groups -OCH3 is 1. The Kier molecular flexibility index (Phi) is 5.44. The zero-order chi connectivity index (χ0) is 12.9. The maximum absolute atomic E-state index is 11.5. The molecule has 2 atom stereocenters. The molecule has 1 amide bonds. The highest BCUT2D eigenvalue weighted by Gasteiger charge is 2.24. The van der Waals surface area contributed by atoms with Crippen LogP contribution in [0.4, 0.5) is 0 Å². The van der Waals surface area contributed by atoms with Gasteiger partial charge in [-0.1, -0.05) is 20.8 Å². The quantitative estimate of drug-likeness (QED) is 0.686. The van der Waals surface area contributed by atoms with Crippen molar-refractivity contribution in [3.63, 3.8) is 0 Å². The third-order valence-electron chi connectivity index (χ3n) is 2.45. The molecule has 5 heteroatoms. The number of nitrogens with two attached hydrogens (primary N) is 1. The molecule has 3 N–H and O–H groups in total. The van der Waals surface area contributed by atoms with Gasteiger partial charge in [0.15, 0.2) is 0 Å². The molecular formula is C11H22N2O3. The lowest BCUT2D eigenvalue weighted by molar-refractivity contribution is -0.144. The van der Waals surface area contributed by atoms with Crippen molar-refractivity contribution >= 4 is 11.9 Å². The van der Waals surface area contributed by atoms with E-state index in [2.05, 4.69) is 10.1 Å². The van der Waals surface area contributed by atoms with Crippen LogP contribution in [0.3, 0.4) is 0 Å². The van der Waals surface area contributed by atoms with Gasteiger partial charge in [0.05, 0.1) is 7.11 Å². The fourth-order valence-electron chi connectivity index (χ4n) is 1.04. The van der Waals surface area contributed by atoms with E-state index in [1.54, 1.807) is 6.92 Å². The van der Waals surface area contributed by atoms with Gasteiger partial charge >= 0.3 is 5.97 Å². The van der Waals surface area contributed by atoms with Crippen LogP contribution in [-0.2, 0) is 14.3 Å². The summed E-state index contributed by atoms with van der Waals surface area (Å²) < 4.78 is 4.50. The average molecular weight is 230 g/mol. The fraction of sp³-hybridized carbons (Fsp3) is 0.818. The number of carbonyl (C=O) groups excluding carboxylic acids is 2. The Balaban J connectivity index is 4.15. The normalized spacial score (nSPS) is 15.1. The van der Waals surface area contributed by atoms with Gasteiger partial charge in [-0.2, -0.15) is 0 Å². The van der Waals surface area contributed by atoms with Crippen molar-refractivity contribution in [3.8, 4) is 0 Å². The van der Waals surface area contributed by atoms with E-state index in [9.17, 15) is 9.59 Å². The van der Waals surface area contributed by atoms with E-state index in [1.807, 2.05) is 20.8 Å². The van der Waals surface area contributed by atoms with E-state index < -0.39 is 12.0 Å². The second kappa shape index (κ2) is 5.84. The smallest absolute Gasteiger partial charge is 0.328 e. The Morgan fingerprint density at radius 3 is 2.25 bits per heavy atom. The zero-order valence-electron chi connectivity index (χ0n) is 10.7. The first-order valence-corrected chi connectivity index (χ1v) is 5.31. The number of carbonyl (C=O) groups is 2. The monoisotopic (exact) mass is 230 g/mol. The van der Waals surface area contributed by atoms with Crippen molar-refractivity contribution in [1.82, 2.24) is 5.32 Å². The molecule has 0 saturated heterocycles. The second-order valence-corrected chi connectivity index (χ2v) is 4.99. The molecule has 0 rings (SSSR count). The molecule has 0 heterocycles. The van der Waals surface area contributed by atoms with E-state index in [-0.39, 0.29) is 23.8 Å². The van der Waals surface area contributed by atoms with Crippen LogP contribution in [-0.4, -0.2) is 31.1 Å². The van der Waals surface area contributed by atoms with E-state index in [4.69, 9.17) is 5.73 Å².